The summed E-state index contributed by atoms with van der Waals surface area (Å²) in [6, 6.07) is 11.7. The highest BCUT2D eigenvalue weighted by Gasteiger charge is 2.38. The van der Waals surface area contributed by atoms with Crippen molar-refractivity contribution in [3.05, 3.63) is 58.9 Å². The molecule has 2 aromatic rings. The maximum atomic E-state index is 11.2. The van der Waals surface area contributed by atoms with Crippen LogP contribution in [0.3, 0.4) is 0 Å². The molecule has 4 nitrogen and oxygen atoms in total. The molecule has 130 valence electrons. The molecule has 25 heavy (non-hydrogen) atoms. The second kappa shape index (κ2) is 7.43. The molecule has 0 amide bonds. The Morgan fingerprint density at radius 3 is 2.92 bits per heavy atom. The van der Waals surface area contributed by atoms with E-state index < -0.39 is 5.60 Å². The smallest absolute Gasteiger partial charge is 0.101 e. The Labute approximate surface area is 153 Å². The van der Waals surface area contributed by atoms with E-state index in [1.807, 2.05) is 24.3 Å². The van der Waals surface area contributed by atoms with E-state index in [0.29, 0.717) is 17.0 Å². The largest absolute Gasteiger partial charge is 0.385 e. The summed E-state index contributed by atoms with van der Waals surface area (Å²) in [5.41, 5.74) is 1.51. The summed E-state index contributed by atoms with van der Waals surface area (Å²) in [6.45, 7) is 2.92. The summed E-state index contributed by atoms with van der Waals surface area (Å²) in [6.07, 6.45) is 6.87. The van der Waals surface area contributed by atoms with Crippen molar-refractivity contribution < 1.29 is 5.11 Å². The predicted octanol–water partition coefficient (Wildman–Crippen LogP) is 4.26. The summed E-state index contributed by atoms with van der Waals surface area (Å²) in [4.78, 5) is 6.43. The van der Waals surface area contributed by atoms with Gasteiger partial charge in [0.05, 0.1) is 16.2 Å². The van der Waals surface area contributed by atoms with Crippen LogP contribution in [-0.2, 0) is 5.60 Å². The molecular weight excluding hydrogens is 334 g/mol. The van der Waals surface area contributed by atoms with Crippen molar-refractivity contribution in [2.24, 2.45) is 0 Å². The van der Waals surface area contributed by atoms with Gasteiger partial charge in [-0.25, -0.2) is 0 Å². The third kappa shape index (κ3) is 3.63. The number of nitrogens with zero attached hydrogens (tertiary/aromatic N) is 3. The van der Waals surface area contributed by atoms with Gasteiger partial charge in [0.15, 0.2) is 0 Å². The molecule has 0 radical (unpaired) electrons. The minimum Gasteiger partial charge on any atom is -0.385 e. The lowest BCUT2D eigenvalue weighted by atomic mass is 9.77. The van der Waals surface area contributed by atoms with Crippen molar-refractivity contribution in [3.8, 4) is 6.07 Å². The van der Waals surface area contributed by atoms with Crippen LogP contribution in [0.1, 0.15) is 43.7 Å². The highest BCUT2D eigenvalue weighted by molar-refractivity contribution is 6.32. The van der Waals surface area contributed by atoms with Gasteiger partial charge >= 0.3 is 0 Å². The van der Waals surface area contributed by atoms with Crippen molar-refractivity contribution >= 4 is 17.3 Å². The first-order chi connectivity index (χ1) is 12.1. The minimum absolute atomic E-state index is 0.216. The number of hydrogen-bond acceptors (Lipinski definition) is 4. The van der Waals surface area contributed by atoms with Gasteiger partial charge in [0.1, 0.15) is 6.07 Å². The second-order valence-corrected chi connectivity index (χ2v) is 6.99. The molecule has 2 unspecified atom stereocenters. The molecule has 1 saturated carbocycles. The fourth-order valence-electron chi connectivity index (χ4n) is 3.82. The molecule has 0 saturated heterocycles. The maximum Gasteiger partial charge on any atom is 0.101 e. The van der Waals surface area contributed by atoms with Crippen molar-refractivity contribution in [2.75, 3.05) is 11.4 Å². The highest BCUT2D eigenvalue weighted by Crippen LogP contribution is 2.40. The van der Waals surface area contributed by atoms with Crippen LogP contribution in [0.4, 0.5) is 5.69 Å². The summed E-state index contributed by atoms with van der Waals surface area (Å²) in [5.74, 6) is 0. The summed E-state index contributed by atoms with van der Waals surface area (Å²) in [7, 11) is 0. The van der Waals surface area contributed by atoms with Gasteiger partial charge in [-0.15, -0.1) is 0 Å². The van der Waals surface area contributed by atoms with E-state index >= 15 is 0 Å². The van der Waals surface area contributed by atoms with Gasteiger partial charge in [-0.2, -0.15) is 5.26 Å². The molecule has 1 aromatic heterocycles. The highest BCUT2D eigenvalue weighted by atomic mass is 35.5. The Morgan fingerprint density at radius 1 is 1.44 bits per heavy atom. The molecular formula is C20H22ClN3O. The van der Waals surface area contributed by atoms with Crippen LogP contribution in [0, 0.1) is 11.3 Å². The van der Waals surface area contributed by atoms with Crippen molar-refractivity contribution in [2.45, 2.75) is 44.2 Å². The van der Waals surface area contributed by atoms with Crippen molar-refractivity contribution in [1.82, 2.24) is 4.98 Å². The number of aromatic nitrogens is 1. The molecule has 0 bridgehead atoms. The SMILES string of the molecule is CCN(c1ccc(C#N)c(Cl)c1)C1CCCC(O)(c2cccnc2)C1. The monoisotopic (exact) mass is 355 g/mol. The Balaban J connectivity index is 1.86. The fourth-order valence-corrected chi connectivity index (χ4v) is 4.03. The zero-order valence-electron chi connectivity index (χ0n) is 14.3. The number of pyridine rings is 1. The summed E-state index contributed by atoms with van der Waals surface area (Å²) in [5, 5.41) is 20.7. The lowest BCUT2D eigenvalue weighted by Crippen LogP contribution is -2.44. The van der Waals surface area contributed by atoms with Crippen LogP contribution >= 0.6 is 11.6 Å². The van der Waals surface area contributed by atoms with Gasteiger partial charge in [0, 0.05) is 42.7 Å². The van der Waals surface area contributed by atoms with Gasteiger partial charge in [-0.1, -0.05) is 17.7 Å². The van der Waals surface area contributed by atoms with E-state index in [0.717, 1.165) is 37.1 Å². The Kier molecular flexibility index (Phi) is 5.27. The number of aliphatic hydroxyl groups is 1. The molecule has 1 fully saturated rings. The average molecular weight is 356 g/mol. The lowest BCUT2D eigenvalue weighted by molar-refractivity contribution is -0.00851. The van der Waals surface area contributed by atoms with E-state index in [2.05, 4.69) is 22.9 Å². The van der Waals surface area contributed by atoms with E-state index in [9.17, 15) is 5.11 Å². The fraction of sp³-hybridized carbons (Fsp3) is 0.400. The zero-order chi connectivity index (χ0) is 17.9. The minimum atomic E-state index is -0.846. The maximum absolute atomic E-state index is 11.2. The van der Waals surface area contributed by atoms with E-state index in [4.69, 9.17) is 16.9 Å². The van der Waals surface area contributed by atoms with Crippen molar-refractivity contribution in [1.29, 1.82) is 5.26 Å². The number of benzene rings is 1. The van der Waals surface area contributed by atoms with Crippen molar-refractivity contribution in [3.63, 3.8) is 0 Å². The van der Waals surface area contributed by atoms with Crippen LogP contribution in [0.25, 0.3) is 0 Å². The van der Waals surface area contributed by atoms with E-state index in [-0.39, 0.29) is 6.04 Å². The molecule has 3 rings (SSSR count). The standard InChI is InChI=1S/C20H22ClN3O/c1-2-24(17-8-7-15(13-22)19(21)11-17)18-6-3-9-20(25,12-18)16-5-4-10-23-14-16/h4-5,7-8,10-11,14,18,25H,2-3,6,9,12H2,1H3. The third-order valence-corrected chi connectivity index (χ3v) is 5.40. The molecule has 0 aliphatic heterocycles. The number of rotatable bonds is 4. The Morgan fingerprint density at radius 2 is 2.28 bits per heavy atom. The quantitative estimate of drug-likeness (QED) is 0.890. The molecule has 1 aliphatic carbocycles. The molecule has 2 atom stereocenters. The van der Waals surface area contributed by atoms with Gasteiger partial charge in [-0.05, 0) is 50.5 Å². The first-order valence-electron chi connectivity index (χ1n) is 8.66. The normalized spacial score (nSPS) is 23.0. The summed E-state index contributed by atoms with van der Waals surface area (Å²) >= 11 is 6.21. The van der Waals surface area contributed by atoms with Crippen LogP contribution in [0.5, 0.6) is 0 Å². The van der Waals surface area contributed by atoms with Crippen LogP contribution in [0.2, 0.25) is 5.02 Å². The first kappa shape index (κ1) is 17.7. The average Bonchev–Trinajstić information content (AvgIpc) is 2.63. The Hall–Kier alpha value is -2.09. The Bertz CT molecular complexity index is 774. The lowest BCUT2D eigenvalue weighted by Gasteiger charge is -2.43. The van der Waals surface area contributed by atoms with E-state index in [1.165, 1.54) is 0 Å². The molecule has 1 aliphatic rings. The zero-order valence-corrected chi connectivity index (χ0v) is 15.1. The number of nitriles is 1. The van der Waals surface area contributed by atoms with Crippen LogP contribution in [-0.4, -0.2) is 22.7 Å². The first-order valence-corrected chi connectivity index (χ1v) is 9.04. The molecule has 0 spiro atoms. The molecule has 5 heteroatoms. The predicted molar refractivity (Wildman–Crippen MR) is 99.6 cm³/mol. The van der Waals surface area contributed by atoms with E-state index in [1.54, 1.807) is 18.5 Å². The number of halogens is 1. The second-order valence-electron chi connectivity index (χ2n) is 6.59. The van der Waals surface area contributed by atoms with Crippen LogP contribution < -0.4 is 4.90 Å². The van der Waals surface area contributed by atoms with Gasteiger partial charge in [0.25, 0.3) is 0 Å². The van der Waals surface area contributed by atoms with Gasteiger partial charge in [0.2, 0.25) is 0 Å². The molecule has 1 N–H and O–H groups in total. The van der Waals surface area contributed by atoms with Gasteiger partial charge in [-0.3, -0.25) is 4.98 Å². The van der Waals surface area contributed by atoms with Gasteiger partial charge < -0.3 is 10.0 Å². The number of hydrogen-bond donors (Lipinski definition) is 1. The third-order valence-electron chi connectivity index (χ3n) is 5.09. The van der Waals surface area contributed by atoms with Crippen LogP contribution in [0.15, 0.2) is 42.7 Å². The number of anilines is 1. The molecule has 1 aromatic carbocycles. The molecule has 1 heterocycles. The summed E-state index contributed by atoms with van der Waals surface area (Å²) < 4.78 is 0. The topological polar surface area (TPSA) is 60.2 Å².